The van der Waals surface area contributed by atoms with Crippen molar-refractivity contribution in [1.29, 1.82) is 0 Å². The number of nitrogens with zero attached hydrogens (tertiary/aromatic N) is 1. The molecule has 1 rings (SSSR count). The van der Waals surface area contributed by atoms with Crippen molar-refractivity contribution in [3.8, 4) is 0 Å². The first kappa shape index (κ1) is 11.4. The normalized spacial score (nSPS) is 14.1. The van der Waals surface area contributed by atoms with Gasteiger partial charge >= 0.3 is 0 Å². The summed E-state index contributed by atoms with van der Waals surface area (Å²) in [6.45, 7) is 4.25. The number of likely N-dealkylation sites (N-methyl/N-ethyl adjacent to an activating group) is 1. The highest BCUT2D eigenvalue weighted by Gasteiger charge is 2.00. The van der Waals surface area contributed by atoms with Crippen LogP contribution in [0.1, 0.15) is 19.4 Å². The summed E-state index contributed by atoms with van der Waals surface area (Å²) in [5, 5.41) is 3.20. The average Bonchev–Trinajstić information content (AvgIpc) is 2.16. The molecule has 1 N–H and O–H groups in total. The monoisotopic (exact) mass is 254 g/mol. The molecule has 0 aromatic carbocycles. The van der Waals surface area contributed by atoms with Gasteiger partial charge in [-0.1, -0.05) is 11.6 Å². The zero-order chi connectivity index (χ0) is 10.6. The summed E-state index contributed by atoms with van der Waals surface area (Å²) in [5.41, 5.74) is 2.42. The molecule has 2 nitrogen and oxygen atoms in total. The first-order valence-corrected chi connectivity index (χ1v) is 5.39. The Hall–Kier alpha value is -0.670. The Morgan fingerprint density at radius 3 is 2.86 bits per heavy atom. The molecule has 0 bridgehead atoms. The smallest absolute Gasteiger partial charge is 0.0410 e. The SMILES string of the molecule is CNC(C)/C(C)=C/c1cncc(Br)c1. The van der Waals surface area contributed by atoms with E-state index in [-0.39, 0.29) is 0 Å². The number of aromatic nitrogens is 1. The minimum Gasteiger partial charge on any atom is -0.314 e. The van der Waals surface area contributed by atoms with Gasteiger partial charge in [0.15, 0.2) is 0 Å². The van der Waals surface area contributed by atoms with Crippen LogP contribution in [0, 0.1) is 0 Å². The number of halogens is 1. The summed E-state index contributed by atoms with van der Waals surface area (Å²) in [6.07, 6.45) is 5.78. The molecule has 0 amide bonds. The number of pyridine rings is 1. The Morgan fingerprint density at radius 1 is 1.57 bits per heavy atom. The van der Waals surface area contributed by atoms with Gasteiger partial charge in [-0.05, 0) is 48.5 Å². The van der Waals surface area contributed by atoms with Crippen LogP contribution in [0.5, 0.6) is 0 Å². The van der Waals surface area contributed by atoms with Crippen molar-refractivity contribution in [2.75, 3.05) is 7.05 Å². The van der Waals surface area contributed by atoms with Gasteiger partial charge in [0.2, 0.25) is 0 Å². The van der Waals surface area contributed by atoms with Gasteiger partial charge in [-0.3, -0.25) is 4.98 Å². The van der Waals surface area contributed by atoms with Crippen LogP contribution in [0.3, 0.4) is 0 Å². The molecule has 76 valence electrons. The fourth-order valence-electron chi connectivity index (χ4n) is 1.12. The summed E-state index contributed by atoms with van der Waals surface area (Å²) in [4.78, 5) is 4.11. The highest BCUT2D eigenvalue weighted by Crippen LogP contribution is 2.13. The Morgan fingerprint density at radius 2 is 2.29 bits per heavy atom. The van der Waals surface area contributed by atoms with Crippen molar-refractivity contribution >= 4 is 22.0 Å². The van der Waals surface area contributed by atoms with Crippen LogP contribution >= 0.6 is 15.9 Å². The molecule has 1 unspecified atom stereocenters. The fourth-order valence-corrected chi connectivity index (χ4v) is 1.51. The van der Waals surface area contributed by atoms with Gasteiger partial charge in [0.25, 0.3) is 0 Å². The lowest BCUT2D eigenvalue weighted by Gasteiger charge is -2.10. The van der Waals surface area contributed by atoms with Crippen molar-refractivity contribution < 1.29 is 0 Å². The molecule has 0 radical (unpaired) electrons. The van der Waals surface area contributed by atoms with Gasteiger partial charge < -0.3 is 5.32 Å². The summed E-state index contributed by atoms with van der Waals surface area (Å²) < 4.78 is 1.01. The van der Waals surface area contributed by atoms with E-state index in [1.807, 2.05) is 13.2 Å². The van der Waals surface area contributed by atoms with E-state index in [2.05, 4.69) is 52.2 Å². The molecule has 0 aliphatic rings. The van der Waals surface area contributed by atoms with E-state index >= 15 is 0 Å². The predicted molar refractivity (Wildman–Crippen MR) is 64.1 cm³/mol. The molecular formula is C11H15BrN2. The van der Waals surface area contributed by atoms with Crippen molar-refractivity contribution in [3.05, 3.63) is 34.1 Å². The Labute approximate surface area is 93.6 Å². The quantitative estimate of drug-likeness (QED) is 0.898. The van der Waals surface area contributed by atoms with Crippen molar-refractivity contribution in [1.82, 2.24) is 10.3 Å². The lowest BCUT2D eigenvalue weighted by Crippen LogP contribution is -2.21. The van der Waals surface area contributed by atoms with E-state index in [1.165, 1.54) is 5.57 Å². The average molecular weight is 255 g/mol. The van der Waals surface area contributed by atoms with Crippen LogP contribution in [0.2, 0.25) is 0 Å². The molecule has 14 heavy (non-hydrogen) atoms. The first-order chi connectivity index (χ1) is 6.63. The largest absolute Gasteiger partial charge is 0.314 e. The number of hydrogen-bond donors (Lipinski definition) is 1. The number of nitrogens with one attached hydrogen (secondary N) is 1. The maximum atomic E-state index is 4.11. The third kappa shape index (κ3) is 3.24. The van der Waals surface area contributed by atoms with Gasteiger partial charge in [0, 0.05) is 22.9 Å². The van der Waals surface area contributed by atoms with Crippen molar-refractivity contribution in [3.63, 3.8) is 0 Å². The maximum absolute atomic E-state index is 4.11. The maximum Gasteiger partial charge on any atom is 0.0410 e. The van der Waals surface area contributed by atoms with Crippen molar-refractivity contribution in [2.24, 2.45) is 0 Å². The van der Waals surface area contributed by atoms with Crippen LogP contribution in [0.25, 0.3) is 6.08 Å². The molecule has 1 atom stereocenters. The molecule has 0 saturated heterocycles. The lowest BCUT2D eigenvalue weighted by molar-refractivity contribution is 0.696. The summed E-state index contributed by atoms with van der Waals surface area (Å²) in [6, 6.07) is 2.45. The van der Waals surface area contributed by atoms with Crippen molar-refractivity contribution in [2.45, 2.75) is 19.9 Å². The minimum absolute atomic E-state index is 0.397. The highest BCUT2D eigenvalue weighted by atomic mass is 79.9. The molecule has 1 aromatic rings. The number of rotatable bonds is 3. The Bertz CT molecular complexity index is 334. The topological polar surface area (TPSA) is 24.9 Å². The molecular weight excluding hydrogens is 240 g/mol. The van der Waals surface area contributed by atoms with Gasteiger partial charge in [0.1, 0.15) is 0 Å². The van der Waals surface area contributed by atoms with Crippen LogP contribution in [0.15, 0.2) is 28.5 Å². The van der Waals surface area contributed by atoms with Gasteiger partial charge in [0.05, 0.1) is 0 Å². The molecule has 0 fully saturated rings. The lowest BCUT2D eigenvalue weighted by atomic mass is 10.1. The number of hydrogen-bond acceptors (Lipinski definition) is 2. The van der Waals surface area contributed by atoms with E-state index in [4.69, 9.17) is 0 Å². The van der Waals surface area contributed by atoms with Gasteiger partial charge in [-0.15, -0.1) is 0 Å². The van der Waals surface area contributed by atoms with E-state index < -0.39 is 0 Å². The van der Waals surface area contributed by atoms with Gasteiger partial charge in [-0.2, -0.15) is 0 Å². The van der Waals surface area contributed by atoms with Crippen LogP contribution in [0.4, 0.5) is 0 Å². The second-order valence-corrected chi connectivity index (χ2v) is 4.25. The summed E-state index contributed by atoms with van der Waals surface area (Å²) >= 11 is 3.40. The molecule has 0 spiro atoms. The zero-order valence-electron chi connectivity index (χ0n) is 8.71. The Kier molecular flexibility index (Phi) is 4.29. The first-order valence-electron chi connectivity index (χ1n) is 4.59. The fraction of sp³-hybridized carbons (Fsp3) is 0.364. The van der Waals surface area contributed by atoms with Crippen LogP contribution in [-0.4, -0.2) is 18.1 Å². The second kappa shape index (κ2) is 5.27. The Balaban J connectivity index is 2.86. The van der Waals surface area contributed by atoms with E-state index in [0.717, 1.165) is 10.0 Å². The zero-order valence-corrected chi connectivity index (χ0v) is 10.3. The van der Waals surface area contributed by atoms with E-state index in [9.17, 15) is 0 Å². The van der Waals surface area contributed by atoms with Gasteiger partial charge in [-0.25, -0.2) is 0 Å². The molecule has 0 aliphatic heterocycles. The summed E-state index contributed by atoms with van der Waals surface area (Å²) in [7, 11) is 1.96. The predicted octanol–water partition coefficient (Wildman–Crippen LogP) is 2.86. The highest BCUT2D eigenvalue weighted by molar-refractivity contribution is 9.10. The summed E-state index contributed by atoms with van der Waals surface area (Å²) in [5.74, 6) is 0. The van der Waals surface area contributed by atoms with Crippen LogP contribution in [-0.2, 0) is 0 Å². The third-order valence-corrected chi connectivity index (χ3v) is 2.67. The van der Waals surface area contributed by atoms with E-state index in [1.54, 1.807) is 6.20 Å². The molecule has 1 heterocycles. The second-order valence-electron chi connectivity index (χ2n) is 3.34. The standard InChI is InChI=1S/C11H15BrN2/c1-8(9(2)13-3)4-10-5-11(12)7-14-6-10/h4-7,9,13H,1-3H3/b8-4+. The minimum atomic E-state index is 0.397. The van der Waals surface area contributed by atoms with Crippen LogP contribution < -0.4 is 5.32 Å². The molecule has 0 saturated carbocycles. The molecule has 3 heteroatoms. The van der Waals surface area contributed by atoms with E-state index in [0.29, 0.717) is 6.04 Å². The molecule has 1 aromatic heterocycles. The third-order valence-electron chi connectivity index (χ3n) is 2.24. The molecule has 0 aliphatic carbocycles.